The van der Waals surface area contributed by atoms with Crippen LogP contribution < -0.4 is 0 Å². The van der Waals surface area contributed by atoms with Crippen molar-refractivity contribution < 1.29 is 36.6 Å². The number of alkyl halides is 2. The zero-order chi connectivity index (χ0) is 15.6. The number of halogens is 2. The van der Waals surface area contributed by atoms with Crippen molar-refractivity contribution in [3.63, 3.8) is 0 Å². The van der Waals surface area contributed by atoms with Crippen molar-refractivity contribution in [3.8, 4) is 0 Å². The van der Waals surface area contributed by atoms with Gasteiger partial charge in [0.2, 0.25) is 6.43 Å². The van der Waals surface area contributed by atoms with Crippen LogP contribution in [0, 0.1) is 11.3 Å². The Morgan fingerprint density at radius 1 is 1.45 bits per heavy atom. The van der Waals surface area contributed by atoms with Crippen LogP contribution in [0.2, 0.25) is 0 Å². The van der Waals surface area contributed by atoms with Gasteiger partial charge < -0.3 is 9.84 Å². The lowest BCUT2D eigenvalue weighted by Crippen LogP contribution is -2.48. The van der Waals surface area contributed by atoms with Gasteiger partial charge in [-0.05, 0) is 13.3 Å². The molecule has 0 amide bonds. The first-order chi connectivity index (χ1) is 9.15. The fraction of sp³-hybridized carbons (Fsp3) is 0.818. The third-order valence-corrected chi connectivity index (χ3v) is 5.19. The van der Waals surface area contributed by atoms with Gasteiger partial charge >= 0.3 is 11.9 Å². The predicted molar refractivity (Wildman–Crippen MR) is 64.1 cm³/mol. The number of carboxylic acid groups (broad SMARTS) is 1. The molecule has 0 radical (unpaired) electrons. The average Bonchev–Trinajstić information content (AvgIpc) is 2.66. The number of esters is 1. The Bertz CT molecular complexity index is 489. The molecule has 0 spiro atoms. The number of ether oxygens (including phenoxy) is 1. The van der Waals surface area contributed by atoms with Crippen LogP contribution in [0.3, 0.4) is 0 Å². The minimum Gasteiger partial charge on any atom is -0.480 e. The minimum absolute atomic E-state index is 0.139. The van der Waals surface area contributed by atoms with Gasteiger partial charge in [-0.15, -0.1) is 0 Å². The normalized spacial score (nSPS) is 24.3. The topological polar surface area (TPSA) is 97.7 Å². The van der Waals surface area contributed by atoms with E-state index in [1.165, 1.54) is 6.92 Å². The van der Waals surface area contributed by atoms with Crippen LogP contribution in [-0.2, 0) is 24.2 Å². The summed E-state index contributed by atoms with van der Waals surface area (Å²) in [6.07, 6.45) is -4.44. The van der Waals surface area contributed by atoms with E-state index in [1.54, 1.807) is 0 Å². The molecule has 2 atom stereocenters. The van der Waals surface area contributed by atoms with Crippen molar-refractivity contribution in [1.29, 1.82) is 0 Å². The van der Waals surface area contributed by atoms with Crippen LogP contribution in [0.5, 0.6) is 0 Å². The highest BCUT2D eigenvalue weighted by Gasteiger charge is 2.58. The van der Waals surface area contributed by atoms with Gasteiger partial charge in [0.25, 0.3) is 0 Å². The lowest BCUT2D eigenvalue weighted by atomic mass is 9.72. The second-order valence-electron chi connectivity index (χ2n) is 4.69. The average molecular weight is 314 g/mol. The molecule has 0 aliphatic carbocycles. The van der Waals surface area contributed by atoms with E-state index in [9.17, 15) is 31.9 Å². The smallest absolute Gasteiger partial charge is 0.324 e. The van der Waals surface area contributed by atoms with Gasteiger partial charge in [-0.2, -0.15) is 0 Å². The summed E-state index contributed by atoms with van der Waals surface area (Å²) < 4.78 is 52.9. The lowest BCUT2D eigenvalue weighted by Gasteiger charge is -2.31. The van der Waals surface area contributed by atoms with Gasteiger partial charge in [0.1, 0.15) is 0 Å². The molecule has 116 valence electrons. The third kappa shape index (κ3) is 3.25. The van der Waals surface area contributed by atoms with Crippen LogP contribution in [0.15, 0.2) is 0 Å². The summed E-state index contributed by atoms with van der Waals surface area (Å²) in [5.41, 5.74) is -2.51. The fourth-order valence-electron chi connectivity index (χ4n) is 2.45. The molecule has 0 aromatic carbocycles. The third-order valence-electron chi connectivity index (χ3n) is 3.43. The highest BCUT2D eigenvalue weighted by atomic mass is 32.2. The van der Waals surface area contributed by atoms with Crippen molar-refractivity contribution in [2.75, 3.05) is 18.1 Å². The van der Waals surface area contributed by atoms with E-state index >= 15 is 0 Å². The van der Waals surface area contributed by atoms with E-state index < -0.39 is 51.7 Å². The molecule has 1 rings (SSSR count). The number of sulfone groups is 1. The summed E-state index contributed by atoms with van der Waals surface area (Å²) in [5, 5.41) is 9.27. The van der Waals surface area contributed by atoms with Gasteiger partial charge in [0.15, 0.2) is 15.3 Å². The predicted octanol–water partition coefficient (Wildman–Crippen LogP) is 0.710. The van der Waals surface area contributed by atoms with Crippen LogP contribution in [0.4, 0.5) is 8.78 Å². The van der Waals surface area contributed by atoms with Crippen molar-refractivity contribution >= 4 is 21.8 Å². The van der Waals surface area contributed by atoms with Gasteiger partial charge in [0, 0.05) is 12.3 Å². The Kier molecular flexibility index (Phi) is 5.06. The molecule has 6 nitrogen and oxygen atoms in total. The Morgan fingerprint density at radius 2 is 2.05 bits per heavy atom. The molecular formula is C11H16F2O6S. The van der Waals surface area contributed by atoms with E-state index in [0.29, 0.717) is 0 Å². The Labute approximate surface area is 115 Å². The summed E-state index contributed by atoms with van der Waals surface area (Å²) in [7, 11) is -3.51. The zero-order valence-electron chi connectivity index (χ0n) is 10.8. The number of aliphatic carboxylic acids is 1. The maximum absolute atomic E-state index is 12.7. The van der Waals surface area contributed by atoms with Crippen molar-refractivity contribution in [1.82, 2.24) is 0 Å². The molecule has 0 saturated carbocycles. The second kappa shape index (κ2) is 6.02. The zero-order valence-corrected chi connectivity index (χ0v) is 11.7. The molecule has 0 aromatic rings. The summed E-state index contributed by atoms with van der Waals surface area (Å²) >= 11 is 0. The molecule has 1 saturated heterocycles. The first-order valence-electron chi connectivity index (χ1n) is 6.05. The maximum atomic E-state index is 12.7. The molecule has 1 aliphatic rings. The first-order valence-corrected chi connectivity index (χ1v) is 7.87. The van der Waals surface area contributed by atoms with E-state index in [-0.39, 0.29) is 18.8 Å². The number of hydrogen-bond acceptors (Lipinski definition) is 5. The molecule has 1 aliphatic heterocycles. The first kappa shape index (κ1) is 16.8. The lowest BCUT2D eigenvalue weighted by molar-refractivity contribution is -0.176. The Morgan fingerprint density at radius 3 is 2.40 bits per heavy atom. The van der Waals surface area contributed by atoms with Crippen LogP contribution >= 0.6 is 0 Å². The number of carboxylic acids is 1. The summed E-state index contributed by atoms with van der Waals surface area (Å²) in [5.74, 6) is -5.16. The molecule has 0 aromatic heterocycles. The van der Waals surface area contributed by atoms with Gasteiger partial charge in [-0.3, -0.25) is 9.59 Å². The van der Waals surface area contributed by atoms with Crippen molar-refractivity contribution in [2.45, 2.75) is 26.2 Å². The fourth-order valence-corrected chi connectivity index (χ4v) is 4.33. The molecule has 0 bridgehead atoms. The van der Waals surface area contributed by atoms with Crippen LogP contribution in [0.1, 0.15) is 19.8 Å². The van der Waals surface area contributed by atoms with E-state index in [4.69, 9.17) is 0 Å². The highest BCUT2D eigenvalue weighted by molar-refractivity contribution is 7.91. The number of carbonyl (C=O) groups is 2. The molecule has 20 heavy (non-hydrogen) atoms. The highest BCUT2D eigenvalue weighted by Crippen LogP contribution is 2.42. The Hall–Kier alpha value is -1.25. The largest absolute Gasteiger partial charge is 0.480 e. The second-order valence-corrected chi connectivity index (χ2v) is 6.92. The molecule has 1 N–H and O–H groups in total. The summed E-state index contributed by atoms with van der Waals surface area (Å²) in [4.78, 5) is 23.4. The Balaban J connectivity index is 3.23. The molecule has 1 fully saturated rings. The van der Waals surface area contributed by atoms with E-state index in [0.717, 1.165) is 0 Å². The standard InChI is InChI=1S/C11H16F2O6S/c1-2-19-10(16)11(9(14)15,5-8(12)13)7-3-4-20(17,18)6-7/h7-8H,2-6H2,1H3,(H,14,15). The van der Waals surface area contributed by atoms with Crippen molar-refractivity contribution in [3.05, 3.63) is 0 Å². The summed E-state index contributed by atoms with van der Waals surface area (Å²) in [6, 6.07) is 0. The van der Waals surface area contributed by atoms with E-state index in [1.807, 2.05) is 0 Å². The van der Waals surface area contributed by atoms with Crippen LogP contribution in [-0.4, -0.2) is 50.0 Å². The minimum atomic E-state index is -3.51. The number of hydrogen-bond donors (Lipinski definition) is 1. The van der Waals surface area contributed by atoms with Crippen LogP contribution in [0.25, 0.3) is 0 Å². The SMILES string of the molecule is CCOC(=O)C(CC(F)F)(C(=O)O)C1CCS(=O)(=O)C1. The molecule has 9 heteroatoms. The number of rotatable bonds is 6. The van der Waals surface area contributed by atoms with Crippen molar-refractivity contribution in [2.24, 2.45) is 11.3 Å². The molecule has 2 unspecified atom stereocenters. The van der Waals surface area contributed by atoms with Gasteiger partial charge in [0.05, 0.1) is 18.1 Å². The monoisotopic (exact) mass is 314 g/mol. The van der Waals surface area contributed by atoms with Gasteiger partial charge in [-0.25, -0.2) is 17.2 Å². The quantitative estimate of drug-likeness (QED) is 0.573. The van der Waals surface area contributed by atoms with Gasteiger partial charge in [-0.1, -0.05) is 0 Å². The molecular weight excluding hydrogens is 298 g/mol. The van der Waals surface area contributed by atoms with E-state index in [2.05, 4.69) is 4.74 Å². The number of carbonyl (C=O) groups excluding carboxylic acids is 1. The summed E-state index contributed by atoms with van der Waals surface area (Å²) in [6.45, 7) is 1.24. The maximum Gasteiger partial charge on any atom is 0.324 e. The molecule has 1 heterocycles.